The molecule has 1 unspecified atom stereocenters. The summed E-state index contributed by atoms with van der Waals surface area (Å²) >= 11 is 0. The number of aliphatic hydroxyl groups is 1. The van der Waals surface area contributed by atoms with Crippen LogP contribution in [-0.2, 0) is 19.2 Å². The summed E-state index contributed by atoms with van der Waals surface area (Å²) in [6.45, 7) is 5.13. The number of nitrogens with zero attached hydrogens (tertiary/aromatic N) is 3. The Morgan fingerprint density at radius 2 is 2.04 bits per heavy atom. The maximum atomic E-state index is 10.7. The fraction of sp³-hybridized carbons (Fsp3) is 0.474. The first-order chi connectivity index (χ1) is 12.9. The number of ether oxygens (including phenoxy) is 2. The molecule has 1 aromatic carbocycles. The van der Waals surface area contributed by atoms with Crippen LogP contribution >= 0.6 is 24.0 Å². The van der Waals surface area contributed by atoms with Crippen LogP contribution in [0, 0.1) is 0 Å². The molecule has 2 rings (SSSR count). The van der Waals surface area contributed by atoms with Crippen LogP contribution in [0.5, 0.6) is 11.5 Å². The molecule has 0 aliphatic carbocycles. The summed E-state index contributed by atoms with van der Waals surface area (Å²) in [6.07, 6.45) is 3.46. The lowest BCUT2D eigenvalue weighted by atomic mass is 10.00. The minimum absolute atomic E-state index is 0. The first-order valence-electron chi connectivity index (χ1n) is 8.84. The van der Waals surface area contributed by atoms with Crippen LogP contribution in [0.4, 0.5) is 0 Å². The Labute approximate surface area is 183 Å². The van der Waals surface area contributed by atoms with Crippen LogP contribution in [0.1, 0.15) is 25.0 Å². The molecule has 0 saturated heterocycles. The van der Waals surface area contributed by atoms with Crippen molar-refractivity contribution in [2.75, 3.05) is 27.3 Å². The number of benzene rings is 1. The molecule has 1 aromatic heterocycles. The van der Waals surface area contributed by atoms with Gasteiger partial charge >= 0.3 is 0 Å². The fourth-order valence-electron chi connectivity index (χ4n) is 2.64. The first kappa shape index (κ1) is 24.0. The normalized spacial score (nSPS) is 13.3. The van der Waals surface area contributed by atoms with E-state index in [-0.39, 0.29) is 24.0 Å². The van der Waals surface area contributed by atoms with Gasteiger partial charge in [-0.1, -0.05) is 12.1 Å². The number of para-hydroxylation sites is 1. The number of guanidine groups is 1. The van der Waals surface area contributed by atoms with Crippen LogP contribution < -0.4 is 20.1 Å². The number of hydrogen-bond acceptors (Lipinski definition) is 5. The topological polar surface area (TPSA) is 92.9 Å². The SMILES string of the molecule is CCNC(=NCc1cccc(OC)c1OC)NCC(C)(O)c1cnn(C)c1.I. The predicted molar refractivity (Wildman–Crippen MR) is 121 cm³/mol. The van der Waals surface area contributed by atoms with Gasteiger partial charge in [-0.2, -0.15) is 5.10 Å². The van der Waals surface area contributed by atoms with Gasteiger partial charge in [-0.25, -0.2) is 4.99 Å². The lowest BCUT2D eigenvalue weighted by Gasteiger charge is -2.23. The van der Waals surface area contributed by atoms with Gasteiger partial charge < -0.3 is 25.2 Å². The van der Waals surface area contributed by atoms with Crippen molar-refractivity contribution in [3.8, 4) is 11.5 Å². The molecule has 0 saturated carbocycles. The second-order valence-corrected chi connectivity index (χ2v) is 6.38. The van der Waals surface area contributed by atoms with Crippen molar-refractivity contribution in [3.63, 3.8) is 0 Å². The van der Waals surface area contributed by atoms with Crippen LogP contribution in [0.25, 0.3) is 0 Å². The van der Waals surface area contributed by atoms with Gasteiger partial charge in [0.05, 0.1) is 33.5 Å². The molecular weight excluding hydrogens is 473 g/mol. The van der Waals surface area contributed by atoms with E-state index in [2.05, 4.69) is 20.7 Å². The third-order valence-corrected chi connectivity index (χ3v) is 4.16. The lowest BCUT2D eigenvalue weighted by molar-refractivity contribution is 0.0616. The summed E-state index contributed by atoms with van der Waals surface area (Å²) in [5, 5.41) is 21.2. The second-order valence-electron chi connectivity index (χ2n) is 6.38. The summed E-state index contributed by atoms with van der Waals surface area (Å²) in [6, 6.07) is 5.70. The zero-order valence-corrected chi connectivity index (χ0v) is 19.4. The van der Waals surface area contributed by atoms with Crippen molar-refractivity contribution in [3.05, 3.63) is 41.7 Å². The van der Waals surface area contributed by atoms with Crippen molar-refractivity contribution in [1.82, 2.24) is 20.4 Å². The van der Waals surface area contributed by atoms with Gasteiger partial charge in [0.15, 0.2) is 17.5 Å². The Hall–Kier alpha value is -2.01. The van der Waals surface area contributed by atoms with Gasteiger partial charge in [0, 0.05) is 30.9 Å². The molecule has 0 spiro atoms. The van der Waals surface area contributed by atoms with Crippen molar-refractivity contribution < 1.29 is 14.6 Å². The fourth-order valence-corrected chi connectivity index (χ4v) is 2.64. The number of rotatable bonds is 8. The van der Waals surface area contributed by atoms with Gasteiger partial charge in [0.1, 0.15) is 5.60 Å². The monoisotopic (exact) mass is 503 g/mol. The molecule has 0 bridgehead atoms. The smallest absolute Gasteiger partial charge is 0.191 e. The highest BCUT2D eigenvalue weighted by Gasteiger charge is 2.25. The third kappa shape index (κ3) is 6.26. The van der Waals surface area contributed by atoms with Crippen molar-refractivity contribution in [2.45, 2.75) is 26.0 Å². The molecule has 1 atom stereocenters. The molecule has 0 aliphatic rings. The summed E-state index contributed by atoms with van der Waals surface area (Å²) in [5.41, 5.74) is 0.578. The molecule has 1 heterocycles. The number of aromatic nitrogens is 2. The minimum atomic E-state index is -1.07. The largest absolute Gasteiger partial charge is 0.493 e. The number of aryl methyl sites for hydroxylation is 1. The van der Waals surface area contributed by atoms with E-state index in [9.17, 15) is 5.11 Å². The number of hydrogen-bond donors (Lipinski definition) is 3. The molecule has 8 nitrogen and oxygen atoms in total. The molecule has 0 radical (unpaired) electrons. The maximum Gasteiger partial charge on any atom is 0.191 e. The molecule has 0 fully saturated rings. The third-order valence-electron chi connectivity index (χ3n) is 4.16. The molecule has 9 heteroatoms. The van der Waals surface area contributed by atoms with Gasteiger partial charge in [-0.05, 0) is 19.9 Å². The Balaban J connectivity index is 0.00000392. The van der Waals surface area contributed by atoms with E-state index in [4.69, 9.17) is 9.47 Å². The Bertz CT molecular complexity index is 777. The molecule has 0 amide bonds. The van der Waals surface area contributed by atoms with Gasteiger partial charge in [0.25, 0.3) is 0 Å². The second kappa shape index (κ2) is 11.1. The highest BCUT2D eigenvalue weighted by atomic mass is 127. The molecule has 3 N–H and O–H groups in total. The predicted octanol–water partition coefficient (Wildman–Crippen LogP) is 2.02. The van der Waals surface area contributed by atoms with E-state index in [1.807, 2.05) is 32.2 Å². The van der Waals surface area contributed by atoms with Crippen LogP contribution in [0.2, 0.25) is 0 Å². The van der Waals surface area contributed by atoms with Crippen LogP contribution in [0.15, 0.2) is 35.6 Å². The molecular formula is C19H30IN5O3. The lowest BCUT2D eigenvalue weighted by Crippen LogP contribution is -2.44. The summed E-state index contributed by atoms with van der Waals surface area (Å²) < 4.78 is 12.4. The minimum Gasteiger partial charge on any atom is -0.493 e. The number of methoxy groups -OCH3 is 2. The van der Waals surface area contributed by atoms with E-state index in [1.165, 1.54) is 0 Å². The Kier molecular flexibility index (Phi) is 9.53. The van der Waals surface area contributed by atoms with E-state index in [0.717, 1.165) is 11.1 Å². The van der Waals surface area contributed by atoms with E-state index >= 15 is 0 Å². The molecule has 0 aliphatic heterocycles. The van der Waals surface area contributed by atoms with Crippen molar-refractivity contribution in [1.29, 1.82) is 0 Å². The van der Waals surface area contributed by atoms with Crippen molar-refractivity contribution in [2.24, 2.45) is 12.0 Å². The first-order valence-corrected chi connectivity index (χ1v) is 8.84. The number of aliphatic imine (C=N–C) groups is 1. The number of nitrogens with one attached hydrogen (secondary N) is 2. The van der Waals surface area contributed by atoms with Crippen LogP contribution in [0.3, 0.4) is 0 Å². The zero-order chi connectivity index (χ0) is 19.9. The Morgan fingerprint density at radius 1 is 1.29 bits per heavy atom. The highest BCUT2D eigenvalue weighted by molar-refractivity contribution is 14.0. The van der Waals surface area contributed by atoms with E-state index in [1.54, 1.807) is 38.2 Å². The summed E-state index contributed by atoms with van der Waals surface area (Å²) in [5.74, 6) is 1.94. The van der Waals surface area contributed by atoms with E-state index in [0.29, 0.717) is 37.1 Å². The zero-order valence-electron chi connectivity index (χ0n) is 17.0. The maximum absolute atomic E-state index is 10.7. The van der Waals surface area contributed by atoms with Gasteiger partial charge in [-0.3, -0.25) is 4.68 Å². The quantitative estimate of drug-likeness (QED) is 0.290. The van der Waals surface area contributed by atoms with Crippen molar-refractivity contribution >= 4 is 29.9 Å². The molecule has 156 valence electrons. The van der Waals surface area contributed by atoms with Gasteiger partial charge in [0.2, 0.25) is 0 Å². The van der Waals surface area contributed by atoms with Gasteiger partial charge in [-0.15, -0.1) is 24.0 Å². The Morgan fingerprint density at radius 3 is 2.61 bits per heavy atom. The average Bonchev–Trinajstić information content (AvgIpc) is 3.11. The standard InChI is InChI=1S/C19H29N5O3.HI/c1-6-20-18(22-13-19(2,25)15-11-23-24(3)12-15)21-10-14-8-7-9-16(26-4)17(14)27-5;/h7-9,11-12,25H,6,10,13H2,1-5H3,(H2,20,21,22);1H. The average molecular weight is 503 g/mol. The highest BCUT2D eigenvalue weighted by Crippen LogP contribution is 2.31. The molecule has 28 heavy (non-hydrogen) atoms. The van der Waals surface area contributed by atoms with Crippen LogP contribution in [-0.4, -0.2) is 48.2 Å². The number of halogens is 1. The summed E-state index contributed by atoms with van der Waals surface area (Å²) in [4.78, 5) is 4.60. The van der Waals surface area contributed by atoms with E-state index < -0.39 is 5.60 Å². The summed E-state index contributed by atoms with van der Waals surface area (Å²) in [7, 11) is 5.04. The molecule has 2 aromatic rings.